The maximum atomic E-state index is 12.3. The van der Waals surface area contributed by atoms with Crippen LogP contribution < -0.4 is 0 Å². The Morgan fingerprint density at radius 2 is 2.35 bits per heavy atom. The van der Waals surface area contributed by atoms with E-state index in [0.717, 1.165) is 22.9 Å². The van der Waals surface area contributed by atoms with Gasteiger partial charge in [0.25, 0.3) is 0 Å². The van der Waals surface area contributed by atoms with Gasteiger partial charge in [0.15, 0.2) is 5.78 Å². The van der Waals surface area contributed by atoms with E-state index in [-0.39, 0.29) is 11.7 Å². The first kappa shape index (κ1) is 10.5. The topological polar surface area (TPSA) is 42.1 Å². The van der Waals surface area contributed by atoms with E-state index < -0.39 is 0 Å². The largest absolute Gasteiger partial charge is 0.381 e. The van der Waals surface area contributed by atoms with E-state index in [1.165, 1.54) is 5.56 Å². The number of hydrogen-bond acceptors (Lipinski definition) is 2. The molecule has 3 nitrogen and oxygen atoms in total. The molecule has 1 atom stereocenters. The van der Waals surface area contributed by atoms with Crippen molar-refractivity contribution in [3.63, 3.8) is 0 Å². The number of Topliss-reactive ketones (excluding diaryl/α,β-unsaturated/α-hetero) is 1. The molecule has 3 rings (SSSR count). The molecule has 1 aliphatic rings. The lowest BCUT2D eigenvalue weighted by atomic mass is 9.96. The Hall–Kier alpha value is -1.61. The minimum absolute atomic E-state index is 0.0373. The standard InChI is InChI=1S/C14H15NO2/c1-9-2-3-11-12(7-15-13(11)6-9)14(16)10-4-5-17-8-10/h2-3,6-7,10,15H,4-5,8H2,1H3. The normalized spacial score (nSPS) is 19.9. The summed E-state index contributed by atoms with van der Waals surface area (Å²) in [5.74, 6) is 0.243. The number of carbonyl (C=O) groups is 1. The van der Waals surface area contributed by atoms with Crippen LogP contribution in [0.1, 0.15) is 22.3 Å². The number of benzene rings is 1. The highest BCUT2D eigenvalue weighted by Gasteiger charge is 2.26. The molecule has 2 heterocycles. The maximum absolute atomic E-state index is 12.3. The molecule has 2 aromatic rings. The second kappa shape index (κ2) is 4.00. The summed E-state index contributed by atoms with van der Waals surface area (Å²) >= 11 is 0. The molecule has 1 N–H and O–H groups in total. The molecular formula is C14H15NO2. The fourth-order valence-corrected chi connectivity index (χ4v) is 2.41. The highest BCUT2D eigenvalue weighted by atomic mass is 16.5. The van der Waals surface area contributed by atoms with Gasteiger partial charge in [0.2, 0.25) is 0 Å². The second-order valence-corrected chi connectivity index (χ2v) is 4.68. The fourth-order valence-electron chi connectivity index (χ4n) is 2.41. The summed E-state index contributed by atoms with van der Waals surface area (Å²) in [6.07, 6.45) is 2.67. The molecule has 1 fully saturated rings. The summed E-state index contributed by atoms with van der Waals surface area (Å²) in [7, 11) is 0. The summed E-state index contributed by atoms with van der Waals surface area (Å²) in [4.78, 5) is 15.5. The predicted molar refractivity (Wildman–Crippen MR) is 66.3 cm³/mol. The van der Waals surface area contributed by atoms with Gasteiger partial charge in [-0.25, -0.2) is 0 Å². The third-order valence-corrected chi connectivity index (χ3v) is 3.40. The number of rotatable bonds is 2. The van der Waals surface area contributed by atoms with Gasteiger partial charge in [0.1, 0.15) is 0 Å². The molecule has 0 spiro atoms. The van der Waals surface area contributed by atoms with Crippen LogP contribution >= 0.6 is 0 Å². The lowest BCUT2D eigenvalue weighted by Gasteiger charge is -2.05. The van der Waals surface area contributed by atoms with Crippen molar-refractivity contribution in [2.24, 2.45) is 5.92 Å². The first-order chi connectivity index (χ1) is 8.25. The number of ether oxygens (including phenoxy) is 1. The molecule has 1 unspecified atom stereocenters. The van der Waals surface area contributed by atoms with Crippen molar-refractivity contribution >= 4 is 16.7 Å². The van der Waals surface area contributed by atoms with Crippen molar-refractivity contribution in [3.8, 4) is 0 Å². The smallest absolute Gasteiger partial charge is 0.170 e. The molecule has 88 valence electrons. The lowest BCUT2D eigenvalue weighted by molar-refractivity contribution is 0.0902. The third kappa shape index (κ3) is 1.76. The van der Waals surface area contributed by atoms with Crippen LogP contribution in [0.3, 0.4) is 0 Å². The lowest BCUT2D eigenvalue weighted by Crippen LogP contribution is -2.14. The van der Waals surface area contributed by atoms with Gasteiger partial charge in [-0.05, 0) is 25.0 Å². The molecule has 1 aromatic carbocycles. The molecule has 0 amide bonds. The fraction of sp³-hybridized carbons (Fsp3) is 0.357. The van der Waals surface area contributed by atoms with Crippen LogP contribution in [-0.4, -0.2) is 24.0 Å². The van der Waals surface area contributed by atoms with Crippen LogP contribution in [-0.2, 0) is 4.74 Å². The quantitative estimate of drug-likeness (QED) is 0.804. The molecule has 0 aliphatic carbocycles. The number of aromatic amines is 1. The van der Waals surface area contributed by atoms with Crippen molar-refractivity contribution < 1.29 is 9.53 Å². The SMILES string of the molecule is Cc1ccc2c(C(=O)C3CCOC3)c[nH]c2c1. The van der Waals surface area contributed by atoms with Gasteiger partial charge >= 0.3 is 0 Å². The number of aryl methyl sites for hydroxylation is 1. The Bertz CT molecular complexity index is 565. The summed E-state index contributed by atoms with van der Waals surface area (Å²) in [6.45, 7) is 3.32. The van der Waals surface area contributed by atoms with E-state index in [0.29, 0.717) is 13.2 Å². The van der Waals surface area contributed by atoms with Crippen LogP contribution in [0, 0.1) is 12.8 Å². The highest BCUT2D eigenvalue weighted by molar-refractivity contribution is 6.09. The Balaban J connectivity index is 2.02. The van der Waals surface area contributed by atoms with Crippen LogP contribution in [0.4, 0.5) is 0 Å². The van der Waals surface area contributed by atoms with Gasteiger partial charge in [-0.1, -0.05) is 12.1 Å². The van der Waals surface area contributed by atoms with Gasteiger partial charge in [-0.3, -0.25) is 4.79 Å². The number of aromatic nitrogens is 1. The number of fused-ring (bicyclic) bond motifs is 1. The minimum atomic E-state index is 0.0373. The van der Waals surface area contributed by atoms with Gasteiger partial charge in [-0.15, -0.1) is 0 Å². The summed E-state index contributed by atoms with van der Waals surface area (Å²) in [5, 5.41) is 1.02. The molecule has 0 bridgehead atoms. The first-order valence-corrected chi connectivity index (χ1v) is 5.95. The van der Waals surface area contributed by atoms with Crippen molar-refractivity contribution in [2.75, 3.05) is 13.2 Å². The summed E-state index contributed by atoms with van der Waals surface area (Å²) in [6, 6.07) is 6.12. The van der Waals surface area contributed by atoms with Gasteiger partial charge in [0, 0.05) is 35.2 Å². The highest BCUT2D eigenvalue weighted by Crippen LogP contribution is 2.25. The van der Waals surface area contributed by atoms with Crippen molar-refractivity contribution in [1.82, 2.24) is 4.98 Å². The predicted octanol–water partition coefficient (Wildman–Crippen LogP) is 2.70. The minimum Gasteiger partial charge on any atom is -0.381 e. The van der Waals surface area contributed by atoms with Crippen molar-refractivity contribution in [3.05, 3.63) is 35.5 Å². The van der Waals surface area contributed by atoms with E-state index in [9.17, 15) is 4.79 Å². The van der Waals surface area contributed by atoms with Crippen LogP contribution in [0.25, 0.3) is 10.9 Å². The number of H-pyrrole nitrogens is 1. The number of nitrogens with one attached hydrogen (secondary N) is 1. The van der Waals surface area contributed by atoms with Crippen molar-refractivity contribution in [2.45, 2.75) is 13.3 Å². The molecule has 1 aromatic heterocycles. The second-order valence-electron chi connectivity index (χ2n) is 4.68. The first-order valence-electron chi connectivity index (χ1n) is 5.95. The molecule has 1 aliphatic heterocycles. The number of hydrogen-bond donors (Lipinski definition) is 1. The Labute approximate surface area is 99.8 Å². The van der Waals surface area contributed by atoms with Gasteiger partial charge in [-0.2, -0.15) is 0 Å². The third-order valence-electron chi connectivity index (χ3n) is 3.40. The number of ketones is 1. The van der Waals surface area contributed by atoms with Gasteiger partial charge < -0.3 is 9.72 Å². The Kier molecular flexibility index (Phi) is 2.48. The molecule has 3 heteroatoms. The average molecular weight is 229 g/mol. The van der Waals surface area contributed by atoms with Crippen molar-refractivity contribution in [1.29, 1.82) is 0 Å². The Morgan fingerprint density at radius 1 is 1.47 bits per heavy atom. The van der Waals surface area contributed by atoms with E-state index in [1.807, 2.05) is 25.3 Å². The Morgan fingerprint density at radius 3 is 3.12 bits per heavy atom. The van der Waals surface area contributed by atoms with Crippen LogP contribution in [0.15, 0.2) is 24.4 Å². The maximum Gasteiger partial charge on any atom is 0.170 e. The van der Waals surface area contributed by atoms with Crippen LogP contribution in [0.5, 0.6) is 0 Å². The van der Waals surface area contributed by atoms with E-state index in [2.05, 4.69) is 11.1 Å². The van der Waals surface area contributed by atoms with E-state index >= 15 is 0 Å². The number of carbonyl (C=O) groups excluding carboxylic acids is 1. The molecule has 0 saturated carbocycles. The molecule has 0 radical (unpaired) electrons. The van der Waals surface area contributed by atoms with Crippen LogP contribution in [0.2, 0.25) is 0 Å². The van der Waals surface area contributed by atoms with E-state index in [4.69, 9.17) is 4.74 Å². The summed E-state index contributed by atoms with van der Waals surface area (Å²) < 4.78 is 5.28. The van der Waals surface area contributed by atoms with E-state index in [1.54, 1.807) is 0 Å². The summed E-state index contributed by atoms with van der Waals surface area (Å²) in [5.41, 5.74) is 3.03. The zero-order valence-electron chi connectivity index (χ0n) is 9.82. The van der Waals surface area contributed by atoms with Gasteiger partial charge in [0.05, 0.1) is 6.61 Å². The molecular weight excluding hydrogens is 214 g/mol. The zero-order valence-corrected chi connectivity index (χ0v) is 9.82. The average Bonchev–Trinajstić information content (AvgIpc) is 2.96. The monoisotopic (exact) mass is 229 g/mol. The molecule has 1 saturated heterocycles. The zero-order chi connectivity index (χ0) is 11.8. The molecule has 17 heavy (non-hydrogen) atoms.